The van der Waals surface area contributed by atoms with Crippen LogP contribution in [0.2, 0.25) is 0 Å². The summed E-state index contributed by atoms with van der Waals surface area (Å²) in [6.07, 6.45) is 0. The van der Waals surface area contributed by atoms with Gasteiger partial charge >= 0.3 is 0 Å². The summed E-state index contributed by atoms with van der Waals surface area (Å²) in [5.41, 5.74) is 5.16. The van der Waals surface area contributed by atoms with Crippen LogP contribution in [0.3, 0.4) is 0 Å². The molecule has 1 aliphatic heterocycles. The number of carbonyl (C=O) groups excluding carboxylic acids is 1. The molecule has 0 aliphatic carbocycles. The first kappa shape index (κ1) is 22.5. The number of halogens is 1. The lowest BCUT2D eigenvalue weighted by Crippen LogP contribution is -2.49. The Morgan fingerprint density at radius 2 is 1.69 bits per heavy atom. The third kappa shape index (κ3) is 4.70. The molecule has 166 valence electrons. The van der Waals surface area contributed by atoms with Gasteiger partial charge in [-0.25, -0.2) is 9.97 Å². The summed E-state index contributed by atoms with van der Waals surface area (Å²) in [7, 11) is 0. The predicted octanol–water partition coefficient (Wildman–Crippen LogP) is 5.61. The van der Waals surface area contributed by atoms with Crippen LogP contribution in [-0.4, -0.2) is 47.0 Å². The van der Waals surface area contributed by atoms with Crippen molar-refractivity contribution in [1.29, 1.82) is 0 Å². The number of aryl methyl sites for hydroxylation is 2. The SMILES string of the molecule is Cc1cccc(-c2nc(C)c(C(C)C)c(N3CCN(C(=O)c4cccc(Br)c4)CC3)n2)c1. The fourth-order valence-electron chi connectivity index (χ4n) is 4.32. The maximum atomic E-state index is 13.0. The number of piperazine rings is 1. The van der Waals surface area contributed by atoms with E-state index >= 15 is 0 Å². The summed E-state index contributed by atoms with van der Waals surface area (Å²) in [4.78, 5) is 27.1. The average molecular weight is 493 g/mol. The molecule has 0 atom stereocenters. The number of carbonyl (C=O) groups is 1. The fourth-order valence-corrected chi connectivity index (χ4v) is 4.72. The quantitative estimate of drug-likeness (QED) is 0.474. The smallest absolute Gasteiger partial charge is 0.254 e. The van der Waals surface area contributed by atoms with Gasteiger partial charge in [-0.2, -0.15) is 0 Å². The largest absolute Gasteiger partial charge is 0.353 e. The van der Waals surface area contributed by atoms with Gasteiger partial charge in [-0.3, -0.25) is 4.79 Å². The van der Waals surface area contributed by atoms with E-state index in [1.165, 1.54) is 11.1 Å². The van der Waals surface area contributed by atoms with Crippen LogP contribution in [0.5, 0.6) is 0 Å². The van der Waals surface area contributed by atoms with Crippen LogP contribution in [0, 0.1) is 13.8 Å². The molecule has 2 aromatic carbocycles. The zero-order chi connectivity index (χ0) is 22.8. The van der Waals surface area contributed by atoms with E-state index in [-0.39, 0.29) is 5.91 Å². The molecule has 0 saturated carbocycles. The van der Waals surface area contributed by atoms with Gasteiger partial charge in [0.25, 0.3) is 5.91 Å². The van der Waals surface area contributed by atoms with Gasteiger partial charge in [-0.05, 0) is 44.0 Å². The van der Waals surface area contributed by atoms with E-state index in [9.17, 15) is 4.79 Å². The number of benzene rings is 2. The molecule has 5 nitrogen and oxygen atoms in total. The monoisotopic (exact) mass is 492 g/mol. The van der Waals surface area contributed by atoms with Crippen LogP contribution in [0.1, 0.15) is 46.9 Å². The van der Waals surface area contributed by atoms with E-state index in [0.29, 0.717) is 19.0 Å². The van der Waals surface area contributed by atoms with Crippen molar-refractivity contribution >= 4 is 27.7 Å². The lowest BCUT2D eigenvalue weighted by Gasteiger charge is -2.37. The maximum absolute atomic E-state index is 13.0. The van der Waals surface area contributed by atoms with E-state index in [1.807, 2.05) is 35.2 Å². The lowest BCUT2D eigenvalue weighted by molar-refractivity contribution is 0.0746. The van der Waals surface area contributed by atoms with Gasteiger partial charge in [-0.15, -0.1) is 0 Å². The molecular weight excluding hydrogens is 464 g/mol. The van der Waals surface area contributed by atoms with Gasteiger partial charge in [0.1, 0.15) is 5.82 Å². The Hall–Kier alpha value is -2.73. The Morgan fingerprint density at radius 3 is 2.34 bits per heavy atom. The summed E-state index contributed by atoms with van der Waals surface area (Å²) in [5.74, 6) is 2.16. The van der Waals surface area contributed by atoms with Crippen molar-refractivity contribution < 1.29 is 4.79 Å². The van der Waals surface area contributed by atoms with Crippen LogP contribution in [0.4, 0.5) is 5.82 Å². The average Bonchev–Trinajstić information content (AvgIpc) is 2.78. The van der Waals surface area contributed by atoms with Gasteiger partial charge in [0.15, 0.2) is 5.82 Å². The molecule has 0 spiro atoms. The number of nitrogens with zero attached hydrogens (tertiary/aromatic N) is 4. The first-order valence-electron chi connectivity index (χ1n) is 11.1. The minimum Gasteiger partial charge on any atom is -0.353 e. The van der Waals surface area contributed by atoms with E-state index in [2.05, 4.69) is 66.7 Å². The molecule has 0 bridgehead atoms. The van der Waals surface area contributed by atoms with Crippen molar-refractivity contribution in [1.82, 2.24) is 14.9 Å². The van der Waals surface area contributed by atoms with Crippen LogP contribution in [-0.2, 0) is 0 Å². The third-order valence-electron chi connectivity index (χ3n) is 5.91. The number of hydrogen-bond acceptors (Lipinski definition) is 4. The molecule has 1 saturated heterocycles. The summed E-state index contributed by atoms with van der Waals surface area (Å²) >= 11 is 3.46. The zero-order valence-corrected chi connectivity index (χ0v) is 20.7. The Balaban J connectivity index is 1.60. The topological polar surface area (TPSA) is 49.3 Å². The molecule has 1 aromatic heterocycles. The van der Waals surface area contributed by atoms with Crippen LogP contribution < -0.4 is 4.90 Å². The highest BCUT2D eigenvalue weighted by molar-refractivity contribution is 9.10. The van der Waals surface area contributed by atoms with E-state index < -0.39 is 0 Å². The molecular formula is C26H29BrN4O. The number of rotatable bonds is 4. The minimum atomic E-state index is 0.0781. The highest BCUT2D eigenvalue weighted by Gasteiger charge is 2.26. The molecule has 6 heteroatoms. The highest BCUT2D eigenvalue weighted by atomic mass is 79.9. The van der Waals surface area contributed by atoms with Crippen LogP contribution in [0.15, 0.2) is 53.0 Å². The zero-order valence-electron chi connectivity index (χ0n) is 19.1. The first-order valence-corrected chi connectivity index (χ1v) is 11.9. The Kier molecular flexibility index (Phi) is 6.60. The predicted molar refractivity (Wildman–Crippen MR) is 133 cm³/mol. The fraction of sp³-hybridized carbons (Fsp3) is 0.346. The standard InChI is InChI=1S/C26H29BrN4O/c1-17(2)23-19(4)28-24(20-8-5-7-18(3)15-20)29-25(23)30-11-13-31(14-12-30)26(32)21-9-6-10-22(27)16-21/h5-10,15-17H,11-14H2,1-4H3. The second-order valence-corrected chi connectivity index (χ2v) is 9.60. The van der Waals surface area contributed by atoms with E-state index in [0.717, 1.165) is 46.0 Å². The number of hydrogen-bond donors (Lipinski definition) is 0. The van der Waals surface area contributed by atoms with Crippen molar-refractivity contribution in [3.05, 3.63) is 75.4 Å². The maximum Gasteiger partial charge on any atom is 0.254 e. The normalized spacial score (nSPS) is 14.2. The van der Waals surface area contributed by atoms with Gasteiger partial charge < -0.3 is 9.80 Å². The Bertz CT molecular complexity index is 1140. The summed E-state index contributed by atoms with van der Waals surface area (Å²) in [6.45, 7) is 11.4. The molecule has 3 aromatic rings. The molecule has 0 N–H and O–H groups in total. The molecule has 2 heterocycles. The molecule has 32 heavy (non-hydrogen) atoms. The number of amides is 1. The van der Waals surface area contributed by atoms with Gasteiger partial charge in [0.05, 0.1) is 0 Å². The van der Waals surface area contributed by atoms with E-state index in [4.69, 9.17) is 9.97 Å². The van der Waals surface area contributed by atoms with Crippen LogP contribution >= 0.6 is 15.9 Å². The Labute approximate surface area is 198 Å². The molecule has 1 fully saturated rings. The van der Waals surface area contributed by atoms with Crippen molar-refractivity contribution in [2.45, 2.75) is 33.6 Å². The summed E-state index contributed by atoms with van der Waals surface area (Å²) in [5, 5.41) is 0. The Morgan fingerprint density at radius 1 is 0.969 bits per heavy atom. The lowest BCUT2D eigenvalue weighted by atomic mass is 10.0. The van der Waals surface area contributed by atoms with E-state index in [1.54, 1.807) is 0 Å². The highest BCUT2D eigenvalue weighted by Crippen LogP contribution is 2.31. The summed E-state index contributed by atoms with van der Waals surface area (Å²) in [6, 6.07) is 15.9. The van der Waals surface area contributed by atoms with Crippen LogP contribution in [0.25, 0.3) is 11.4 Å². The number of anilines is 1. The van der Waals surface area contributed by atoms with Crippen molar-refractivity contribution in [3.8, 4) is 11.4 Å². The van der Waals surface area contributed by atoms with Gasteiger partial charge in [-0.1, -0.05) is 59.6 Å². The van der Waals surface area contributed by atoms with Gasteiger partial charge in [0.2, 0.25) is 0 Å². The number of aromatic nitrogens is 2. The molecule has 0 unspecified atom stereocenters. The second-order valence-electron chi connectivity index (χ2n) is 8.68. The molecule has 0 radical (unpaired) electrons. The molecule has 4 rings (SSSR count). The summed E-state index contributed by atoms with van der Waals surface area (Å²) < 4.78 is 0.920. The van der Waals surface area contributed by atoms with Crippen molar-refractivity contribution in [3.63, 3.8) is 0 Å². The second kappa shape index (κ2) is 9.41. The first-order chi connectivity index (χ1) is 15.3. The molecule has 1 aliphatic rings. The minimum absolute atomic E-state index is 0.0781. The van der Waals surface area contributed by atoms with Crippen molar-refractivity contribution in [2.24, 2.45) is 0 Å². The third-order valence-corrected chi connectivity index (χ3v) is 6.40. The van der Waals surface area contributed by atoms with Crippen molar-refractivity contribution in [2.75, 3.05) is 31.1 Å². The van der Waals surface area contributed by atoms with Gasteiger partial charge in [0, 0.05) is 53.0 Å². The molecule has 1 amide bonds.